The molecule has 1 heterocycles. The number of hydrogen-bond donors (Lipinski definition) is 2. The zero-order chi connectivity index (χ0) is 20.1. The molecule has 0 bridgehead atoms. The van der Waals surface area contributed by atoms with Gasteiger partial charge in [0, 0.05) is 5.69 Å². The summed E-state index contributed by atoms with van der Waals surface area (Å²) in [5.41, 5.74) is -0.343. The van der Waals surface area contributed by atoms with Crippen molar-refractivity contribution in [1.29, 1.82) is 0 Å². The predicted molar refractivity (Wildman–Crippen MR) is 98.6 cm³/mol. The van der Waals surface area contributed by atoms with Crippen LogP contribution in [0.4, 0.5) is 10.5 Å². The number of rotatable bonds is 7. The first-order chi connectivity index (χ1) is 13.4. The molecule has 1 saturated heterocycles. The number of imide groups is 1. The van der Waals surface area contributed by atoms with Crippen molar-refractivity contribution in [3.8, 4) is 5.75 Å². The van der Waals surface area contributed by atoms with Crippen molar-refractivity contribution < 1.29 is 28.7 Å². The number of carbonyl (C=O) groups is 4. The molecule has 0 aromatic heterocycles. The first-order valence-electron chi connectivity index (χ1n) is 9.26. The van der Waals surface area contributed by atoms with E-state index in [9.17, 15) is 19.2 Å². The maximum atomic E-state index is 12.5. The lowest BCUT2D eigenvalue weighted by molar-refractivity contribution is -0.150. The summed E-state index contributed by atoms with van der Waals surface area (Å²) in [7, 11) is 0. The Morgan fingerprint density at radius 1 is 1.18 bits per heavy atom. The molecule has 1 aromatic carbocycles. The molecule has 150 valence electrons. The highest BCUT2D eigenvalue weighted by atomic mass is 16.5. The fourth-order valence-corrected chi connectivity index (χ4v) is 3.46. The fourth-order valence-electron chi connectivity index (χ4n) is 3.46. The van der Waals surface area contributed by atoms with Crippen LogP contribution < -0.4 is 15.4 Å². The van der Waals surface area contributed by atoms with Crippen molar-refractivity contribution in [2.45, 2.75) is 38.1 Å². The first-order valence-corrected chi connectivity index (χ1v) is 9.26. The van der Waals surface area contributed by atoms with Crippen LogP contribution in [0.2, 0.25) is 0 Å². The highest BCUT2D eigenvalue weighted by Gasteiger charge is 2.52. The van der Waals surface area contributed by atoms with Gasteiger partial charge in [0.2, 0.25) is 0 Å². The van der Waals surface area contributed by atoms with Crippen LogP contribution in [0.1, 0.15) is 32.6 Å². The molecule has 0 radical (unpaired) electrons. The van der Waals surface area contributed by atoms with E-state index in [1.807, 2.05) is 6.92 Å². The zero-order valence-corrected chi connectivity index (χ0v) is 15.7. The largest absolute Gasteiger partial charge is 0.494 e. The standard InChI is InChI=1S/C19H23N3O6/c1-2-27-14-7-5-13(6-8-14)20-15(23)12-28-16(24)11-22-17(25)19(21-18(22)26)9-3-4-10-19/h5-8H,2-4,9-12H2,1H3,(H,20,23)(H,21,26). The highest BCUT2D eigenvalue weighted by Crippen LogP contribution is 2.34. The molecule has 28 heavy (non-hydrogen) atoms. The van der Waals surface area contributed by atoms with Crippen LogP contribution in [-0.4, -0.2) is 54.0 Å². The van der Waals surface area contributed by atoms with Gasteiger partial charge in [0.15, 0.2) is 6.61 Å². The summed E-state index contributed by atoms with van der Waals surface area (Å²) in [6.07, 6.45) is 2.87. The Labute approximate surface area is 162 Å². The van der Waals surface area contributed by atoms with Gasteiger partial charge in [0.05, 0.1) is 6.61 Å². The summed E-state index contributed by atoms with van der Waals surface area (Å²) in [5, 5.41) is 5.27. The molecule has 1 aliphatic carbocycles. The molecule has 1 aromatic rings. The molecule has 1 aliphatic heterocycles. The van der Waals surface area contributed by atoms with E-state index >= 15 is 0 Å². The van der Waals surface area contributed by atoms with E-state index in [0.717, 1.165) is 17.7 Å². The van der Waals surface area contributed by atoms with Gasteiger partial charge in [-0.05, 0) is 44.0 Å². The van der Waals surface area contributed by atoms with Crippen LogP contribution >= 0.6 is 0 Å². The molecule has 2 N–H and O–H groups in total. The van der Waals surface area contributed by atoms with Crippen LogP contribution in [0, 0.1) is 0 Å². The molecule has 9 nitrogen and oxygen atoms in total. The van der Waals surface area contributed by atoms with Gasteiger partial charge in [-0.25, -0.2) is 4.79 Å². The second kappa shape index (κ2) is 8.28. The molecule has 1 saturated carbocycles. The van der Waals surface area contributed by atoms with Gasteiger partial charge < -0.3 is 20.1 Å². The monoisotopic (exact) mass is 389 g/mol. The van der Waals surface area contributed by atoms with E-state index in [1.54, 1.807) is 24.3 Å². The van der Waals surface area contributed by atoms with E-state index in [2.05, 4.69) is 10.6 Å². The second-order valence-electron chi connectivity index (χ2n) is 6.78. The number of anilines is 1. The van der Waals surface area contributed by atoms with Crippen LogP contribution in [0.5, 0.6) is 5.75 Å². The summed E-state index contributed by atoms with van der Waals surface area (Å²) >= 11 is 0. The normalized spacial score (nSPS) is 17.5. The van der Waals surface area contributed by atoms with Gasteiger partial charge >= 0.3 is 12.0 Å². The SMILES string of the molecule is CCOc1ccc(NC(=O)COC(=O)CN2C(=O)NC3(CCCC3)C2=O)cc1. The average molecular weight is 389 g/mol. The molecular weight excluding hydrogens is 366 g/mol. The molecule has 3 rings (SSSR count). The zero-order valence-electron chi connectivity index (χ0n) is 15.7. The Morgan fingerprint density at radius 2 is 1.86 bits per heavy atom. The summed E-state index contributed by atoms with van der Waals surface area (Å²) in [6.45, 7) is 1.39. The lowest BCUT2D eigenvalue weighted by Crippen LogP contribution is -2.44. The molecular formula is C19H23N3O6. The number of nitrogens with zero attached hydrogens (tertiary/aromatic N) is 1. The Morgan fingerprint density at radius 3 is 2.50 bits per heavy atom. The van der Waals surface area contributed by atoms with E-state index in [-0.39, 0.29) is 0 Å². The minimum Gasteiger partial charge on any atom is -0.494 e. The topological polar surface area (TPSA) is 114 Å². The van der Waals surface area contributed by atoms with Crippen molar-refractivity contribution >= 4 is 29.5 Å². The fraction of sp³-hybridized carbons (Fsp3) is 0.474. The van der Waals surface area contributed by atoms with Crippen molar-refractivity contribution in [2.75, 3.05) is 25.1 Å². The Balaban J connectivity index is 1.45. The van der Waals surface area contributed by atoms with Crippen LogP contribution in [-0.2, 0) is 19.1 Å². The van der Waals surface area contributed by atoms with E-state index < -0.39 is 42.5 Å². The third-order valence-corrected chi connectivity index (χ3v) is 4.80. The summed E-state index contributed by atoms with van der Waals surface area (Å²) in [4.78, 5) is 49.3. The van der Waals surface area contributed by atoms with Crippen molar-refractivity contribution in [1.82, 2.24) is 10.2 Å². The van der Waals surface area contributed by atoms with Gasteiger partial charge in [-0.1, -0.05) is 12.8 Å². The number of ether oxygens (including phenoxy) is 2. The summed E-state index contributed by atoms with van der Waals surface area (Å²) in [5.74, 6) is -1.06. The van der Waals surface area contributed by atoms with Crippen LogP contribution in [0.3, 0.4) is 0 Å². The number of nitrogens with one attached hydrogen (secondary N) is 2. The lowest BCUT2D eigenvalue weighted by atomic mass is 9.98. The van der Waals surface area contributed by atoms with Crippen LogP contribution in [0.25, 0.3) is 0 Å². The maximum Gasteiger partial charge on any atom is 0.326 e. The van der Waals surface area contributed by atoms with Crippen LogP contribution in [0.15, 0.2) is 24.3 Å². The summed E-state index contributed by atoms with van der Waals surface area (Å²) < 4.78 is 10.2. The molecule has 2 aliphatic rings. The summed E-state index contributed by atoms with van der Waals surface area (Å²) in [6, 6.07) is 6.16. The molecule has 4 amide bonds. The van der Waals surface area contributed by atoms with E-state index in [4.69, 9.17) is 9.47 Å². The van der Waals surface area contributed by atoms with Gasteiger partial charge in [-0.3, -0.25) is 19.3 Å². The second-order valence-corrected chi connectivity index (χ2v) is 6.78. The minimum absolute atomic E-state index is 0.397. The minimum atomic E-state index is -0.873. The van der Waals surface area contributed by atoms with Gasteiger partial charge in [-0.2, -0.15) is 0 Å². The molecule has 0 atom stereocenters. The van der Waals surface area contributed by atoms with Gasteiger partial charge in [-0.15, -0.1) is 0 Å². The van der Waals surface area contributed by atoms with Crippen molar-refractivity contribution in [3.05, 3.63) is 24.3 Å². The Hall–Kier alpha value is -3.10. The molecule has 9 heteroatoms. The van der Waals surface area contributed by atoms with E-state index in [0.29, 0.717) is 30.9 Å². The quantitative estimate of drug-likeness (QED) is 0.539. The maximum absolute atomic E-state index is 12.5. The Kier molecular flexibility index (Phi) is 5.81. The van der Waals surface area contributed by atoms with Crippen molar-refractivity contribution in [2.24, 2.45) is 0 Å². The number of benzene rings is 1. The number of esters is 1. The predicted octanol–water partition coefficient (Wildman–Crippen LogP) is 1.43. The van der Waals surface area contributed by atoms with Gasteiger partial charge in [0.25, 0.3) is 11.8 Å². The number of amides is 4. The molecule has 0 unspecified atom stereocenters. The van der Waals surface area contributed by atoms with E-state index in [1.165, 1.54) is 0 Å². The third-order valence-electron chi connectivity index (χ3n) is 4.80. The third kappa shape index (κ3) is 4.24. The Bertz CT molecular complexity index is 770. The number of urea groups is 1. The van der Waals surface area contributed by atoms with Gasteiger partial charge in [0.1, 0.15) is 17.8 Å². The van der Waals surface area contributed by atoms with Crippen molar-refractivity contribution in [3.63, 3.8) is 0 Å². The highest BCUT2D eigenvalue weighted by molar-refractivity contribution is 6.09. The average Bonchev–Trinajstić information content (AvgIpc) is 3.23. The smallest absolute Gasteiger partial charge is 0.326 e. The lowest BCUT2D eigenvalue weighted by Gasteiger charge is -2.19. The molecule has 1 spiro atoms. The first kappa shape index (κ1) is 19.7. The molecule has 2 fully saturated rings. The number of carbonyl (C=O) groups excluding carboxylic acids is 4. The number of hydrogen-bond acceptors (Lipinski definition) is 6.